The standard InChI is InChI=1S/C23H17ClO7/c1-29-20-15-13(9-6-10-14(15)24)23(21(27)30-2,22(28)31-3)17-16(20)18(25)11-7-4-5-8-12(11)19(17)26/h4-10,20H,1-3H3. The van der Waals surface area contributed by atoms with Crippen LogP contribution in [0, 0.1) is 0 Å². The first kappa shape index (κ1) is 21.0. The van der Waals surface area contributed by atoms with Crippen LogP contribution in [0.5, 0.6) is 0 Å². The Kier molecular flexibility index (Phi) is 5.03. The highest BCUT2D eigenvalue weighted by Gasteiger charge is 2.63. The van der Waals surface area contributed by atoms with Crippen molar-refractivity contribution in [1.82, 2.24) is 0 Å². The summed E-state index contributed by atoms with van der Waals surface area (Å²) in [6, 6.07) is 10.7. The molecule has 0 spiro atoms. The number of hydrogen-bond donors (Lipinski definition) is 0. The second-order valence-electron chi connectivity index (χ2n) is 7.04. The van der Waals surface area contributed by atoms with Gasteiger partial charge in [0.2, 0.25) is 5.41 Å². The van der Waals surface area contributed by atoms with Crippen molar-refractivity contribution in [1.29, 1.82) is 0 Å². The Morgan fingerprint density at radius 2 is 1.45 bits per heavy atom. The van der Waals surface area contributed by atoms with E-state index >= 15 is 0 Å². The Balaban J connectivity index is 2.23. The average molecular weight is 441 g/mol. The van der Waals surface area contributed by atoms with E-state index in [2.05, 4.69) is 0 Å². The van der Waals surface area contributed by atoms with Gasteiger partial charge in [0.25, 0.3) is 0 Å². The second kappa shape index (κ2) is 7.44. The molecular formula is C23H17ClO7. The zero-order valence-electron chi connectivity index (χ0n) is 16.9. The molecule has 2 aliphatic carbocycles. The minimum atomic E-state index is -2.34. The zero-order chi connectivity index (χ0) is 22.5. The summed E-state index contributed by atoms with van der Waals surface area (Å²) in [6.45, 7) is 0. The lowest BCUT2D eigenvalue weighted by Crippen LogP contribution is -2.54. The fraction of sp³-hybridized carbons (Fsp3) is 0.217. The van der Waals surface area contributed by atoms with Crippen LogP contribution in [-0.2, 0) is 29.2 Å². The number of esters is 2. The molecule has 0 radical (unpaired) electrons. The lowest BCUT2D eigenvalue weighted by Gasteiger charge is -2.41. The van der Waals surface area contributed by atoms with Crippen LogP contribution in [0.4, 0.5) is 0 Å². The van der Waals surface area contributed by atoms with Crippen molar-refractivity contribution in [2.45, 2.75) is 11.5 Å². The number of Topliss-reactive ketones (excluding diaryl/α,β-unsaturated/α-hetero) is 2. The summed E-state index contributed by atoms with van der Waals surface area (Å²) < 4.78 is 15.6. The van der Waals surface area contributed by atoms with Gasteiger partial charge in [-0.05, 0) is 11.6 Å². The highest BCUT2D eigenvalue weighted by atomic mass is 35.5. The predicted molar refractivity (Wildman–Crippen MR) is 109 cm³/mol. The summed E-state index contributed by atoms with van der Waals surface area (Å²) in [5.74, 6) is -3.33. The number of methoxy groups -OCH3 is 3. The summed E-state index contributed by atoms with van der Waals surface area (Å²) in [5.41, 5.74) is -2.30. The van der Waals surface area contributed by atoms with Crippen LogP contribution in [0.25, 0.3) is 0 Å². The van der Waals surface area contributed by atoms with Crippen molar-refractivity contribution < 1.29 is 33.4 Å². The maximum Gasteiger partial charge on any atom is 0.332 e. The van der Waals surface area contributed by atoms with Gasteiger partial charge < -0.3 is 14.2 Å². The first-order valence-electron chi connectivity index (χ1n) is 9.27. The first-order chi connectivity index (χ1) is 14.9. The molecule has 0 aromatic heterocycles. The fourth-order valence-corrected chi connectivity index (χ4v) is 4.75. The molecule has 0 fully saturated rings. The van der Waals surface area contributed by atoms with E-state index in [1.807, 2.05) is 0 Å². The maximum absolute atomic E-state index is 13.7. The van der Waals surface area contributed by atoms with Crippen LogP contribution >= 0.6 is 11.6 Å². The molecule has 0 bridgehead atoms. The number of carbonyl (C=O) groups is 4. The minimum absolute atomic E-state index is 0.0729. The summed E-state index contributed by atoms with van der Waals surface area (Å²) in [5, 5.41) is 0.159. The molecule has 2 aliphatic rings. The summed E-state index contributed by atoms with van der Waals surface area (Å²) >= 11 is 6.45. The Hall–Kier alpha value is -3.29. The van der Waals surface area contributed by atoms with E-state index in [0.717, 1.165) is 14.2 Å². The third-order valence-corrected chi connectivity index (χ3v) is 6.06. The van der Waals surface area contributed by atoms with E-state index in [1.54, 1.807) is 18.2 Å². The van der Waals surface area contributed by atoms with E-state index in [0.29, 0.717) is 0 Å². The van der Waals surface area contributed by atoms with E-state index < -0.39 is 35.0 Å². The fourth-order valence-electron chi connectivity index (χ4n) is 4.48. The topological polar surface area (TPSA) is 96.0 Å². The molecule has 4 rings (SSSR count). The minimum Gasteiger partial charge on any atom is -0.468 e. The molecule has 8 heteroatoms. The molecule has 0 aliphatic heterocycles. The number of rotatable bonds is 3. The smallest absolute Gasteiger partial charge is 0.332 e. The van der Waals surface area contributed by atoms with Gasteiger partial charge in [0.15, 0.2) is 11.6 Å². The van der Waals surface area contributed by atoms with Crippen LogP contribution in [0.1, 0.15) is 37.9 Å². The van der Waals surface area contributed by atoms with Gasteiger partial charge in [-0.1, -0.05) is 48.0 Å². The van der Waals surface area contributed by atoms with E-state index in [9.17, 15) is 19.2 Å². The second-order valence-corrected chi connectivity index (χ2v) is 7.45. The largest absolute Gasteiger partial charge is 0.468 e. The number of fused-ring (bicyclic) bond motifs is 2. The first-order valence-corrected chi connectivity index (χ1v) is 9.65. The molecule has 1 atom stereocenters. The predicted octanol–water partition coefficient (Wildman–Crippen LogP) is 3.00. The number of hydrogen-bond acceptors (Lipinski definition) is 7. The molecule has 7 nitrogen and oxygen atoms in total. The van der Waals surface area contributed by atoms with Gasteiger partial charge in [0, 0.05) is 40.0 Å². The Bertz CT molecular complexity index is 1180. The van der Waals surface area contributed by atoms with Gasteiger partial charge >= 0.3 is 11.9 Å². The van der Waals surface area contributed by atoms with Crippen molar-refractivity contribution in [3.63, 3.8) is 0 Å². The molecule has 0 saturated heterocycles. The van der Waals surface area contributed by atoms with Crippen molar-refractivity contribution in [3.05, 3.63) is 80.9 Å². The monoisotopic (exact) mass is 440 g/mol. The molecule has 0 saturated carbocycles. The van der Waals surface area contributed by atoms with Gasteiger partial charge in [-0.3, -0.25) is 19.2 Å². The van der Waals surface area contributed by atoms with E-state index in [1.165, 1.54) is 31.4 Å². The normalized spacial score (nSPS) is 18.6. The van der Waals surface area contributed by atoms with Crippen LogP contribution in [-0.4, -0.2) is 44.8 Å². The summed E-state index contributed by atoms with van der Waals surface area (Å²) in [4.78, 5) is 53.8. The van der Waals surface area contributed by atoms with Crippen molar-refractivity contribution in [2.75, 3.05) is 21.3 Å². The summed E-state index contributed by atoms with van der Waals surface area (Å²) in [6.07, 6.45) is -1.08. The van der Waals surface area contributed by atoms with Crippen molar-refractivity contribution >= 4 is 35.1 Å². The molecule has 31 heavy (non-hydrogen) atoms. The average Bonchev–Trinajstić information content (AvgIpc) is 2.80. The quantitative estimate of drug-likeness (QED) is 0.534. The van der Waals surface area contributed by atoms with Crippen LogP contribution in [0.3, 0.4) is 0 Å². The van der Waals surface area contributed by atoms with Crippen LogP contribution in [0.15, 0.2) is 53.6 Å². The third-order valence-electron chi connectivity index (χ3n) is 5.73. The number of benzene rings is 2. The molecule has 158 valence electrons. The molecule has 0 amide bonds. The summed E-state index contributed by atoms with van der Waals surface area (Å²) in [7, 11) is 3.52. The molecule has 2 aromatic rings. The van der Waals surface area contributed by atoms with E-state index in [4.69, 9.17) is 25.8 Å². The lowest BCUT2D eigenvalue weighted by atomic mass is 9.60. The Morgan fingerprint density at radius 3 is 2.00 bits per heavy atom. The Morgan fingerprint density at radius 1 is 0.871 bits per heavy atom. The lowest BCUT2D eigenvalue weighted by molar-refractivity contribution is -0.159. The van der Waals surface area contributed by atoms with Crippen LogP contribution < -0.4 is 0 Å². The number of ether oxygens (including phenoxy) is 3. The Labute approximate surface area is 182 Å². The number of ketones is 2. The highest BCUT2D eigenvalue weighted by Crippen LogP contribution is 2.53. The van der Waals surface area contributed by atoms with Crippen molar-refractivity contribution in [2.24, 2.45) is 0 Å². The van der Waals surface area contributed by atoms with Crippen molar-refractivity contribution in [3.8, 4) is 0 Å². The van der Waals surface area contributed by atoms with Gasteiger partial charge in [-0.15, -0.1) is 0 Å². The zero-order valence-corrected chi connectivity index (χ0v) is 17.6. The number of carbonyl (C=O) groups excluding carboxylic acids is 4. The molecule has 2 aromatic carbocycles. The van der Waals surface area contributed by atoms with Crippen LogP contribution in [0.2, 0.25) is 5.02 Å². The molecule has 0 heterocycles. The maximum atomic E-state index is 13.7. The van der Waals surface area contributed by atoms with Gasteiger partial charge in [-0.25, -0.2) is 0 Å². The van der Waals surface area contributed by atoms with Gasteiger partial charge in [0.05, 0.1) is 14.2 Å². The van der Waals surface area contributed by atoms with Gasteiger partial charge in [-0.2, -0.15) is 0 Å². The molecular weight excluding hydrogens is 424 g/mol. The molecule has 1 unspecified atom stereocenters. The molecule has 0 N–H and O–H groups in total. The SMILES string of the molecule is COC(=O)C1(C(=O)OC)C2=C(C(=O)c3ccccc3C2=O)C(OC)c2c(Cl)cccc21. The number of halogens is 1. The van der Waals surface area contributed by atoms with Gasteiger partial charge in [0.1, 0.15) is 6.10 Å². The third kappa shape index (κ3) is 2.57. The van der Waals surface area contributed by atoms with E-state index in [-0.39, 0.29) is 38.4 Å². The highest BCUT2D eigenvalue weighted by molar-refractivity contribution is 6.35.